The van der Waals surface area contributed by atoms with Gasteiger partial charge >= 0.3 is 12.4 Å². The first-order valence-electron chi connectivity index (χ1n) is 10.5. The molecule has 0 radical (unpaired) electrons. The maximum Gasteiger partial charge on any atom is 0.425 e. The molecule has 1 aliphatic carbocycles. The fourth-order valence-electron chi connectivity index (χ4n) is 4.07. The van der Waals surface area contributed by atoms with E-state index in [2.05, 4.69) is 10.3 Å². The number of Topliss-reactive ketones (excluding diaryl/α,β-unsaturated/α-hetero) is 1. The summed E-state index contributed by atoms with van der Waals surface area (Å²) in [5.41, 5.74) is -7.46. The molecule has 11 heteroatoms. The van der Waals surface area contributed by atoms with Crippen LogP contribution in [0.2, 0.25) is 0 Å². The molecule has 1 aromatic carbocycles. The highest BCUT2D eigenvalue weighted by molar-refractivity contribution is 6.03. The molecule has 3 rings (SSSR count). The number of pyridine rings is 1. The van der Waals surface area contributed by atoms with Crippen LogP contribution >= 0.6 is 0 Å². The third kappa shape index (κ3) is 5.18. The van der Waals surface area contributed by atoms with E-state index in [1.165, 1.54) is 12.1 Å². The number of anilines is 1. The van der Waals surface area contributed by atoms with E-state index in [0.717, 1.165) is 35.4 Å². The highest BCUT2D eigenvalue weighted by atomic mass is 19.4. The monoisotopic (exact) mass is 499 g/mol. The summed E-state index contributed by atoms with van der Waals surface area (Å²) in [5, 5.41) is 3.75. The van der Waals surface area contributed by atoms with Gasteiger partial charge < -0.3 is 10.6 Å². The minimum Gasteiger partial charge on any atom is -0.358 e. The van der Waals surface area contributed by atoms with Crippen LogP contribution in [0.5, 0.6) is 0 Å². The number of ketones is 1. The minimum absolute atomic E-state index is 0.201. The second kappa shape index (κ2) is 9.01. The topological polar surface area (TPSA) is 71.1 Å². The minimum atomic E-state index is -6.10. The molecule has 1 amide bonds. The van der Waals surface area contributed by atoms with Crippen molar-refractivity contribution in [2.45, 2.75) is 51.5 Å². The smallest absolute Gasteiger partial charge is 0.358 e. The van der Waals surface area contributed by atoms with Crippen molar-refractivity contribution >= 4 is 17.4 Å². The number of carbonyl (C=O) groups excluding carboxylic acids is 2. The summed E-state index contributed by atoms with van der Waals surface area (Å²) in [6, 6.07) is 8.13. The Balaban J connectivity index is 2.29. The number of rotatable bonds is 5. The summed E-state index contributed by atoms with van der Waals surface area (Å²) >= 11 is 0. The van der Waals surface area contributed by atoms with Gasteiger partial charge in [0.1, 0.15) is 0 Å². The Labute approximate surface area is 197 Å². The molecule has 0 fully saturated rings. The first-order chi connectivity index (χ1) is 16.1. The first kappa shape index (κ1) is 26.2. The van der Waals surface area contributed by atoms with Gasteiger partial charge in [-0.05, 0) is 43.0 Å². The van der Waals surface area contributed by atoms with Gasteiger partial charge in [0.15, 0.2) is 5.78 Å². The molecule has 188 valence electrons. The lowest BCUT2D eigenvalue weighted by Gasteiger charge is -2.43. The van der Waals surface area contributed by atoms with Crippen LogP contribution < -0.4 is 10.6 Å². The molecule has 1 aromatic heterocycles. The van der Waals surface area contributed by atoms with Crippen molar-refractivity contribution in [1.82, 2.24) is 10.3 Å². The van der Waals surface area contributed by atoms with Crippen LogP contribution in [0.25, 0.3) is 0 Å². The van der Waals surface area contributed by atoms with E-state index in [-0.39, 0.29) is 12.1 Å². The maximum absolute atomic E-state index is 14.5. The van der Waals surface area contributed by atoms with Crippen molar-refractivity contribution in [3.63, 3.8) is 0 Å². The number of hydrogen-bond donors (Lipinski definition) is 2. The van der Waals surface area contributed by atoms with Crippen molar-refractivity contribution in [2.24, 2.45) is 5.41 Å². The van der Waals surface area contributed by atoms with E-state index >= 15 is 0 Å². The van der Waals surface area contributed by atoms with Gasteiger partial charge in [-0.2, -0.15) is 26.3 Å². The molecule has 0 bridgehead atoms. The van der Waals surface area contributed by atoms with Gasteiger partial charge in [0.05, 0.1) is 5.57 Å². The number of allylic oxidation sites excluding steroid dienone is 1. The number of hydrogen-bond acceptors (Lipinski definition) is 4. The summed E-state index contributed by atoms with van der Waals surface area (Å²) < 4.78 is 87.0. The Morgan fingerprint density at radius 3 is 1.97 bits per heavy atom. The van der Waals surface area contributed by atoms with Gasteiger partial charge in [0.25, 0.3) is 11.4 Å². The fraction of sp³-hybridized carbons (Fsp3) is 0.375. The Morgan fingerprint density at radius 1 is 0.914 bits per heavy atom. The van der Waals surface area contributed by atoms with Crippen LogP contribution in [0.15, 0.2) is 60.1 Å². The zero-order valence-corrected chi connectivity index (χ0v) is 19.1. The molecule has 0 aliphatic heterocycles. The predicted octanol–water partition coefficient (Wildman–Crippen LogP) is 5.74. The lowest BCUT2D eigenvalue weighted by atomic mass is 9.70. The van der Waals surface area contributed by atoms with Gasteiger partial charge in [-0.1, -0.05) is 31.5 Å². The summed E-state index contributed by atoms with van der Waals surface area (Å²) in [6.45, 7) is 4.89. The Bertz CT molecular complexity index is 1120. The number of halogens is 6. The molecular formula is C24H23F6N3O2. The van der Waals surface area contributed by atoms with Crippen molar-refractivity contribution in [3.8, 4) is 0 Å². The second-order valence-corrected chi connectivity index (χ2v) is 9.22. The van der Waals surface area contributed by atoms with Crippen LogP contribution in [-0.2, 0) is 4.79 Å². The van der Waals surface area contributed by atoms with Gasteiger partial charge in [-0.3, -0.25) is 14.6 Å². The van der Waals surface area contributed by atoms with Gasteiger partial charge in [-0.15, -0.1) is 0 Å². The van der Waals surface area contributed by atoms with Gasteiger partial charge in [0, 0.05) is 35.8 Å². The van der Waals surface area contributed by atoms with Crippen LogP contribution in [0.4, 0.5) is 32.0 Å². The van der Waals surface area contributed by atoms with E-state index in [9.17, 15) is 35.9 Å². The molecule has 0 unspecified atom stereocenters. The number of benzene rings is 1. The van der Waals surface area contributed by atoms with Crippen LogP contribution in [-0.4, -0.2) is 34.6 Å². The molecule has 0 atom stereocenters. The number of carbonyl (C=O) groups is 2. The highest BCUT2D eigenvalue weighted by Gasteiger charge is 2.75. The molecule has 5 nitrogen and oxygen atoms in total. The number of amides is 1. The summed E-state index contributed by atoms with van der Waals surface area (Å²) in [7, 11) is 0. The number of aryl methyl sites for hydroxylation is 1. The largest absolute Gasteiger partial charge is 0.425 e. The quantitative estimate of drug-likeness (QED) is 0.515. The molecule has 0 spiro atoms. The highest BCUT2D eigenvalue weighted by Crippen LogP contribution is 2.52. The summed E-state index contributed by atoms with van der Waals surface area (Å²) in [5.74, 6) is -3.01. The number of aromatic nitrogens is 1. The molecule has 2 N–H and O–H groups in total. The second-order valence-electron chi connectivity index (χ2n) is 9.22. The molecule has 0 saturated heterocycles. The Kier molecular flexibility index (Phi) is 6.75. The van der Waals surface area contributed by atoms with Crippen LogP contribution in [0, 0.1) is 12.3 Å². The van der Waals surface area contributed by atoms with E-state index in [1.54, 1.807) is 32.9 Å². The van der Waals surface area contributed by atoms with E-state index in [4.69, 9.17) is 0 Å². The van der Waals surface area contributed by atoms with Crippen LogP contribution in [0.1, 0.15) is 42.6 Å². The zero-order chi connectivity index (χ0) is 26.2. The van der Waals surface area contributed by atoms with Gasteiger partial charge in [0.2, 0.25) is 0 Å². The van der Waals surface area contributed by atoms with E-state index in [0.29, 0.717) is 0 Å². The lowest BCUT2D eigenvalue weighted by molar-refractivity contribution is -0.290. The zero-order valence-electron chi connectivity index (χ0n) is 19.1. The summed E-state index contributed by atoms with van der Waals surface area (Å²) in [6.07, 6.45) is -11.0. The maximum atomic E-state index is 14.5. The van der Waals surface area contributed by atoms with Crippen molar-refractivity contribution in [1.29, 1.82) is 0 Å². The number of alkyl halides is 6. The van der Waals surface area contributed by atoms with Crippen LogP contribution in [0.3, 0.4) is 0 Å². The molecular weight excluding hydrogens is 476 g/mol. The average Bonchev–Trinajstić information content (AvgIpc) is 2.72. The summed E-state index contributed by atoms with van der Waals surface area (Å²) in [4.78, 5) is 29.3. The standard InChI is InChI=1S/C24H23F6N3O2/c1-14-4-6-16(7-5-14)32-17-12-21(2,3)13-18(34)19(17)22(23(25,26)27,24(28,29)30)33-20(35)15-8-10-31-11-9-15/h4-11,32H,12-13H2,1-3H3,(H,33,35). The first-order valence-corrected chi connectivity index (χ1v) is 10.5. The molecule has 0 saturated carbocycles. The molecule has 2 aromatic rings. The van der Waals surface area contributed by atoms with Crippen molar-refractivity contribution in [2.75, 3.05) is 5.32 Å². The van der Waals surface area contributed by atoms with Crippen molar-refractivity contribution in [3.05, 3.63) is 71.2 Å². The number of nitrogens with one attached hydrogen (secondary N) is 2. The SMILES string of the molecule is Cc1ccc(NC2=C(C(NC(=O)c3ccncc3)(C(F)(F)F)C(F)(F)F)C(=O)CC(C)(C)C2)cc1. The fourth-order valence-corrected chi connectivity index (χ4v) is 4.07. The Morgan fingerprint density at radius 2 is 1.46 bits per heavy atom. The molecule has 35 heavy (non-hydrogen) atoms. The third-order valence-corrected chi connectivity index (χ3v) is 5.69. The molecule has 1 heterocycles. The number of nitrogens with zero attached hydrogens (tertiary/aromatic N) is 1. The average molecular weight is 499 g/mol. The lowest BCUT2D eigenvalue weighted by Crippen LogP contribution is -2.70. The molecule has 1 aliphatic rings. The Hall–Kier alpha value is -3.37. The van der Waals surface area contributed by atoms with E-state index in [1.807, 2.05) is 0 Å². The van der Waals surface area contributed by atoms with Gasteiger partial charge in [-0.25, -0.2) is 0 Å². The van der Waals surface area contributed by atoms with E-state index < -0.39 is 58.3 Å². The predicted molar refractivity (Wildman–Crippen MR) is 116 cm³/mol. The normalized spacial score (nSPS) is 16.8. The third-order valence-electron chi connectivity index (χ3n) is 5.69. The van der Waals surface area contributed by atoms with Crippen molar-refractivity contribution < 1.29 is 35.9 Å².